The van der Waals surface area contributed by atoms with Crippen LogP contribution in [0.25, 0.3) is 0 Å². The second-order valence-electron chi connectivity index (χ2n) is 6.27. The van der Waals surface area contributed by atoms with E-state index in [0.29, 0.717) is 26.0 Å². The van der Waals surface area contributed by atoms with Crippen LogP contribution in [0.1, 0.15) is 17.5 Å². The lowest BCUT2D eigenvalue weighted by atomic mass is 10.1. The molecule has 0 spiro atoms. The van der Waals surface area contributed by atoms with Gasteiger partial charge in [0, 0.05) is 25.2 Å². The van der Waals surface area contributed by atoms with Gasteiger partial charge >= 0.3 is 0 Å². The number of hydrogen-bond acceptors (Lipinski definition) is 4. The molecule has 3 N–H and O–H groups in total. The van der Waals surface area contributed by atoms with Crippen molar-refractivity contribution in [1.82, 2.24) is 10.2 Å². The SMILES string of the molecule is CN(C)CCOc1cccc(CNC(=O)CCc2ccccc2N)c1. The number of aryl methyl sites for hydroxylation is 1. The molecule has 5 heteroatoms. The molecule has 2 aromatic carbocycles. The number of anilines is 1. The summed E-state index contributed by atoms with van der Waals surface area (Å²) >= 11 is 0. The lowest BCUT2D eigenvalue weighted by Gasteiger charge is -2.12. The number of carbonyl (C=O) groups is 1. The summed E-state index contributed by atoms with van der Waals surface area (Å²) in [5, 5.41) is 2.95. The Hall–Kier alpha value is -2.53. The Kier molecular flexibility index (Phi) is 7.29. The number of nitrogens with one attached hydrogen (secondary N) is 1. The molecule has 0 aromatic heterocycles. The first-order valence-electron chi connectivity index (χ1n) is 8.51. The number of rotatable bonds is 9. The fourth-order valence-electron chi connectivity index (χ4n) is 2.39. The van der Waals surface area contributed by atoms with Crippen LogP contribution < -0.4 is 15.8 Å². The van der Waals surface area contributed by atoms with E-state index in [2.05, 4.69) is 10.2 Å². The smallest absolute Gasteiger partial charge is 0.220 e. The second kappa shape index (κ2) is 9.69. The van der Waals surface area contributed by atoms with Crippen molar-refractivity contribution in [3.05, 3.63) is 59.7 Å². The van der Waals surface area contributed by atoms with E-state index < -0.39 is 0 Å². The van der Waals surface area contributed by atoms with Crippen LogP contribution in [0.4, 0.5) is 5.69 Å². The van der Waals surface area contributed by atoms with E-state index in [1.807, 2.05) is 62.6 Å². The largest absolute Gasteiger partial charge is 0.492 e. The van der Waals surface area contributed by atoms with Crippen LogP contribution in [0.2, 0.25) is 0 Å². The third-order valence-corrected chi connectivity index (χ3v) is 3.87. The number of nitrogens with two attached hydrogens (primary N) is 1. The van der Waals surface area contributed by atoms with E-state index in [9.17, 15) is 4.79 Å². The molecule has 2 rings (SSSR count). The average Bonchev–Trinajstić information content (AvgIpc) is 2.59. The van der Waals surface area contributed by atoms with E-state index in [4.69, 9.17) is 10.5 Å². The first-order chi connectivity index (χ1) is 12.0. The second-order valence-corrected chi connectivity index (χ2v) is 6.27. The summed E-state index contributed by atoms with van der Waals surface area (Å²) < 4.78 is 5.71. The molecule has 0 heterocycles. The molecule has 0 aliphatic carbocycles. The number of hydrogen-bond donors (Lipinski definition) is 2. The molecule has 0 aliphatic heterocycles. The zero-order valence-corrected chi connectivity index (χ0v) is 15.0. The van der Waals surface area contributed by atoms with E-state index in [0.717, 1.165) is 29.1 Å². The fraction of sp³-hybridized carbons (Fsp3) is 0.350. The van der Waals surface area contributed by atoms with Crippen molar-refractivity contribution in [2.75, 3.05) is 33.0 Å². The predicted molar refractivity (Wildman–Crippen MR) is 102 cm³/mol. The summed E-state index contributed by atoms with van der Waals surface area (Å²) in [6.07, 6.45) is 1.07. The van der Waals surface area contributed by atoms with Gasteiger partial charge in [0.05, 0.1) is 0 Å². The quantitative estimate of drug-likeness (QED) is 0.688. The first kappa shape index (κ1) is 18.8. The van der Waals surface area contributed by atoms with Gasteiger partial charge in [-0.15, -0.1) is 0 Å². The lowest BCUT2D eigenvalue weighted by Crippen LogP contribution is -2.23. The van der Waals surface area contributed by atoms with E-state index >= 15 is 0 Å². The molecule has 0 radical (unpaired) electrons. The highest BCUT2D eigenvalue weighted by Crippen LogP contribution is 2.14. The van der Waals surface area contributed by atoms with Gasteiger partial charge < -0.3 is 20.7 Å². The number of amides is 1. The molecule has 2 aromatic rings. The van der Waals surface area contributed by atoms with Gasteiger partial charge in [-0.2, -0.15) is 0 Å². The lowest BCUT2D eigenvalue weighted by molar-refractivity contribution is -0.121. The summed E-state index contributed by atoms with van der Waals surface area (Å²) in [5.74, 6) is 0.841. The molecular weight excluding hydrogens is 314 g/mol. The van der Waals surface area contributed by atoms with E-state index in [1.54, 1.807) is 0 Å². The molecule has 5 nitrogen and oxygen atoms in total. The number of nitrogen functional groups attached to an aromatic ring is 1. The maximum atomic E-state index is 12.0. The summed E-state index contributed by atoms with van der Waals surface area (Å²) in [6, 6.07) is 15.5. The summed E-state index contributed by atoms with van der Waals surface area (Å²) in [4.78, 5) is 14.1. The van der Waals surface area contributed by atoms with Crippen molar-refractivity contribution >= 4 is 11.6 Å². The summed E-state index contributed by atoms with van der Waals surface area (Å²) in [7, 11) is 4.02. The van der Waals surface area contributed by atoms with Crippen LogP contribution in [-0.4, -0.2) is 38.1 Å². The van der Waals surface area contributed by atoms with Gasteiger partial charge in [-0.25, -0.2) is 0 Å². The normalized spacial score (nSPS) is 10.7. The molecular formula is C20H27N3O2. The van der Waals surface area contributed by atoms with Gasteiger partial charge in [0.15, 0.2) is 0 Å². The Balaban J connectivity index is 1.76. The van der Waals surface area contributed by atoms with Gasteiger partial charge in [-0.05, 0) is 49.8 Å². The number of carbonyl (C=O) groups excluding carboxylic acids is 1. The molecule has 1 amide bonds. The van der Waals surface area contributed by atoms with Gasteiger partial charge in [-0.1, -0.05) is 30.3 Å². The van der Waals surface area contributed by atoms with Crippen molar-refractivity contribution < 1.29 is 9.53 Å². The highest BCUT2D eigenvalue weighted by Gasteiger charge is 2.05. The Labute approximate surface area is 149 Å². The van der Waals surface area contributed by atoms with Gasteiger partial charge in [0.1, 0.15) is 12.4 Å². The average molecular weight is 341 g/mol. The van der Waals surface area contributed by atoms with Gasteiger partial charge in [0.25, 0.3) is 0 Å². The topological polar surface area (TPSA) is 67.6 Å². The van der Waals surface area contributed by atoms with Crippen LogP contribution in [0.5, 0.6) is 5.75 Å². The third kappa shape index (κ3) is 6.85. The maximum Gasteiger partial charge on any atom is 0.220 e. The molecule has 0 saturated carbocycles. The molecule has 0 atom stereocenters. The number of para-hydroxylation sites is 1. The number of ether oxygens (including phenoxy) is 1. The molecule has 0 bridgehead atoms. The third-order valence-electron chi connectivity index (χ3n) is 3.87. The minimum absolute atomic E-state index is 0.0159. The van der Waals surface area contributed by atoms with Crippen LogP contribution in [0.15, 0.2) is 48.5 Å². The molecule has 25 heavy (non-hydrogen) atoms. The number of likely N-dealkylation sites (N-methyl/N-ethyl adjacent to an activating group) is 1. The molecule has 0 aliphatic rings. The predicted octanol–water partition coefficient (Wildman–Crippen LogP) is 2.46. The number of nitrogens with zero attached hydrogens (tertiary/aromatic N) is 1. The Morgan fingerprint density at radius 2 is 1.96 bits per heavy atom. The van der Waals surface area contributed by atoms with Crippen molar-refractivity contribution in [2.45, 2.75) is 19.4 Å². The summed E-state index contributed by atoms with van der Waals surface area (Å²) in [6.45, 7) is 2.00. The number of benzene rings is 2. The zero-order valence-electron chi connectivity index (χ0n) is 15.0. The van der Waals surface area contributed by atoms with Crippen LogP contribution in [0.3, 0.4) is 0 Å². The van der Waals surface area contributed by atoms with E-state index in [1.165, 1.54) is 0 Å². The first-order valence-corrected chi connectivity index (χ1v) is 8.51. The van der Waals surface area contributed by atoms with Crippen LogP contribution >= 0.6 is 0 Å². The Bertz CT molecular complexity index is 686. The zero-order chi connectivity index (χ0) is 18.1. The monoisotopic (exact) mass is 341 g/mol. The highest BCUT2D eigenvalue weighted by molar-refractivity contribution is 5.76. The molecule has 134 valence electrons. The maximum absolute atomic E-state index is 12.0. The molecule has 0 fully saturated rings. The minimum atomic E-state index is 0.0159. The van der Waals surface area contributed by atoms with Crippen LogP contribution in [-0.2, 0) is 17.8 Å². The van der Waals surface area contributed by atoms with Crippen molar-refractivity contribution in [1.29, 1.82) is 0 Å². The van der Waals surface area contributed by atoms with Crippen molar-refractivity contribution in [3.63, 3.8) is 0 Å². The van der Waals surface area contributed by atoms with Gasteiger partial charge in [0.2, 0.25) is 5.91 Å². The Morgan fingerprint density at radius 1 is 1.16 bits per heavy atom. The van der Waals surface area contributed by atoms with Gasteiger partial charge in [-0.3, -0.25) is 4.79 Å². The minimum Gasteiger partial charge on any atom is -0.492 e. The van der Waals surface area contributed by atoms with Crippen molar-refractivity contribution in [2.24, 2.45) is 0 Å². The van der Waals surface area contributed by atoms with Crippen LogP contribution in [0, 0.1) is 0 Å². The van der Waals surface area contributed by atoms with E-state index in [-0.39, 0.29) is 5.91 Å². The summed E-state index contributed by atoms with van der Waals surface area (Å²) in [5.41, 5.74) is 8.66. The molecule has 0 saturated heterocycles. The standard InChI is InChI=1S/C20H27N3O2/c1-23(2)12-13-25-18-8-5-6-16(14-18)15-22-20(24)11-10-17-7-3-4-9-19(17)21/h3-9,14H,10-13,15,21H2,1-2H3,(H,22,24). The van der Waals surface area contributed by atoms with Crippen molar-refractivity contribution in [3.8, 4) is 5.75 Å². The highest BCUT2D eigenvalue weighted by atomic mass is 16.5. The molecule has 0 unspecified atom stereocenters. The fourth-order valence-corrected chi connectivity index (χ4v) is 2.39. The Morgan fingerprint density at radius 3 is 2.72 bits per heavy atom.